The minimum Gasteiger partial charge on any atom is -0.313 e. The standard InChI is InChI=1S/C18H29NOS/c1-4-8-15-11-12-16(19-5-2)18(13-15)21(20)17-10-7-6-9-14(17)3/h6-7,9-10,15-16,18-19H,4-5,8,11-13H2,1-3H3. The number of benzene rings is 1. The van der Waals surface area contributed by atoms with Gasteiger partial charge in [-0.1, -0.05) is 44.9 Å². The second-order valence-corrected chi connectivity index (χ2v) is 7.87. The summed E-state index contributed by atoms with van der Waals surface area (Å²) in [4.78, 5) is 1.03. The van der Waals surface area contributed by atoms with Crippen LogP contribution in [-0.2, 0) is 10.8 Å². The van der Waals surface area contributed by atoms with Crippen LogP contribution in [0.15, 0.2) is 29.2 Å². The van der Waals surface area contributed by atoms with Crippen molar-refractivity contribution in [3.8, 4) is 0 Å². The van der Waals surface area contributed by atoms with Crippen LogP contribution in [0.2, 0.25) is 0 Å². The van der Waals surface area contributed by atoms with Crippen LogP contribution >= 0.6 is 0 Å². The van der Waals surface area contributed by atoms with Crippen molar-refractivity contribution in [3.63, 3.8) is 0 Å². The molecule has 0 radical (unpaired) electrons. The summed E-state index contributed by atoms with van der Waals surface area (Å²) >= 11 is 0. The molecule has 0 amide bonds. The van der Waals surface area contributed by atoms with Gasteiger partial charge in [-0.2, -0.15) is 0 Å². The lowest BCUT2D eigenvalue weighted by molar-refractivity contribution is 0.286. The van der Waals surface area contributed by atoms with Crippen LogP contribution in [0.25, 0.3) is 0 Å². The first-order valence-electron chi connectivity index (χ1n) is 8.36. The van der Waals surface area contributed by atoms with Crippen molar-refractivity contribution in [2.75, 3.05) is 6.54 Å². The number of hydrogen-bond donors (Lipinski definition) is 1. The molecule has 1 aromatic rings. The molecule has 1 N–H and O–H groups in total. The van der Waals surface area contributed by atoms with E-state index in [2.05, 4.69) is 32.2 Å². The molecule has 1 saturated carbocycles. The third-order valence-corrected chi connectivity index (χ3v) is 6.61. The number of rotatable bonds is 6. The van der Waals surface area contributed by atoms with Crippen molar-refractivity contribution in [2.45, 2.75) is 69.1 Å². The zero-order chi connectivity index (χ0) is 15.2. The Labute approximate surface area is 132 Å². The van der Waals surface area contributed by atoms with Crippen LogP contribution in [0.4, 0.5) is 0 Å². The lowest BCUT2D eigenvalue weighted by Crippen LogP contribution is -2.46. The molecule has 0 spiro atoms. The van der Waals surface area contributed by atoms with E-state index in [1.807, 2.05) is 18.2 Å². The fraction of sp³-hybridized carbons (Fsp3) is 0.667. The van der Waals surface area contributed by atoms with Gasteiger partial charge in [0.2, 0.25) is 0 Å². The Kier molecular flexibility index (Phi) is 6.43. The quantitative estimate of drug-likeness (QED) is 0.859. The average molecular weight is 308 g/mol. The molecule has 1 aliphatic carbocycles. The van der Waals surface area contributed by atoms with Crippen LogP contribution in [0.5, 0.6) is 0 Å². The maximum atomic E-state index is 13.1. The summed E-state index contributed by atoms with van der Waals surface area (Å²) in [6.45, 7) is 7.43. The first kappa shape index (κ1) is 16.7. The highest BCUT2D eigenvalue weighted by Crippen LogP contribution is 2.33. The fourth-order valence-corrected chi connectivity index (χ4v) is 5.46. The third-order valence-electron chi connectivity index (χ3n) is 4.65. The number of nitrogens with one attached hydrogen (secondary N) is 1. The molecular formula is C18H29NOS. The van der Waals surface area contributed by atoms with Gasteiger partial charge in [-0.3, -0.25) is 4.21 Å². The molecule has 0 aliphatic heterocycles. The monoisotopic (exact) mass is 307 g/mol. The second-order valence-electron chi connectivity index (χ2n) is 6.23. The van der Waals surface area contributed by atoms with Crippen molar-refractivity contribution < 1.29 is 4.21 Å². The molecule has 3 heteroatoms. The van der Waals surface area contributed by atoms with Crippen molar-refractivity contribution in [1.82, 2.24) is 5.32 Å². The van der Waals surface area contributed by atoms with E-state index in [1.54, 1.807) is 0 Å². The predicted octanol–water partition coefficient (Wildman–Crippen LogP) is 4.05. The van der Waals surface area contributed by atoms with Crippen LogP contribution in [0.3, 0.4) is 0 Å². The van der Waals surface area contributed by atoms with Crippen LogP contribution < -0.4 is 5.32 Å². The summed E-state index contributed by atoms with van der Waals surface area (Å²) in [6.07, 6.45) is 6.07. The summed E-state index contributed by atoms with van der Waals surface area (Å²) in [5, 5.41) is 3.83. The van der Waals surface area contributed by atoms with E-state index in [0.717, 1.165) is 29.3 Å². The van der Waals surface area contributed by atoms with Gasteiger partial charge in [-0.15, -0.1) is 0 Å². The lowest BCUT2D eigenvalue weighted by Gasteiger charge is -2.36. The average Bonchev–Trinajstić information content (AvgIpc) is 2.49. The Morgan fingerprint density at radius 1 is 1.24 bits per heavy atom. The minimum atomic E-state index is -0.900. The Bertz CT molecular complexity index is 474. The van der Waals surface area contributed by atoms with Gasteiger partial charge in [0.25, 0.3) is 0 Å². The Balaban J connectivity index is 2.18. The Morgan fingerprint density at radius 3 is 2.67 bits per heavy atom. The van der Waals surface area contributed by atoms with E-state index in [4.69, 9.17) is 0 Å². The maximum absolute atomic E-state index is 13.1. The van der Waals surface area contributed by atoms with Gasteiger partial charge in [0.1, 0.15) is 0 Å². The van der Waals surface area contributed by atoms with Gasteiger partial charge in [-0.25, -0.2) is 0 Å². The van der Waals surface area contributed by atoms with Gasteiger partial charge < -0.3 is 5.32 Å². The molecule has 0 bridgehead atoms. The molecule has 0 saturated heterocycles. The summed E-state index contributed by atoms with van der Waals surface area (Å²) in [5.74, 6) is 0.753. The minimum absolute atomic E-state index is 0.261. The van der Waals surface area contributed by atoms with E-state index < -0.39 is 10.8 Å². The van der Waals surface area contributed by atoms with E-state index in [0.29, 0.717) is 6.04 Å². The summed E-state index contributed by atoms with van der Waals surface area (Å²) < 4.78 is 13.1. The Morgan fingerprint density at radius 2 is 2.00 bits per heavy atom. The van der Waals surface area contributed by atoms with Gasteiger partial charge in [0, 0.05) is 10.9 Å². The van der Waals surface area contributed by atoms with Crippen LogP contribution in [-0.4, -0.2) is 22.0 Å². The number of aryl methyl sites for hydroxylation is 1. The van der Waals surface area contributed by atoms with E-state index in [1.165, 1.54) is 25.7 Å². The molecule has 21 heavy (non-hydrogen) atoms. The van der Waals surface area contributed by atoms with Crippen molar-refractivity contribution in [1.29, 1.82) is 0 Å². The first-order chi connectivity index (χ1) is 10.2. The van der Waals surface area contributed by atoms with Crippen molar-refractivity contribution >= 4 is 10.8 Å². The van der Waals surface area contributed by atoms with E-state index in [9.17, 15) is 4.21 Å². The van der Waals surface area contributed by atoms with E-state index in [-0.39, 0.29) is 5.25 Å². The molecular weight excluding hydrogens is 278 g/mol. The van der Waals surface area contributed by atoms with Gasteiger partial charge in [-0.05, 0) is 50.3 Å². The van der Waals surface area contributed by atoms with Gasteiger partial charge in [0.05, 0.1) is 16.0 Å². The highest BCUT2D eigenvalue weighted by molar-refractivity contribution is 7.85. The second kappa shape index (κ2) is 8.09. The van der Waals surface area contributed by atoms with E-state index >= 15 is 0 Å². The molecule has 1 aliphatic rings. The molecule has 118 valence electrons. The summed E-state index contributed by atoms with van der Waals surface area (Å²) in [5.41, 5.74) is 1.16. The molecule has 2 rings (SSSR count). The molecule has 1 aromatic carbocycles. The van der Waals surface area contributed by atoms with Gasteiger partial charge in [0.15, 0.2) is 0 Å². The zero-order valence-electron chi connectivity index (χ0n) is 13.6. The maximum Gasteiger partial charge on any atom is 0.0579 e. The highest BCUT2D eigenvalue weighted by atomic mass is 32.2. The van der Waals surface area contributed by atoms with Crippen molar-refractivity contribution in [3.05, 3.63) is 29.8 Å². The molecule has 0 heterocycles. The molecule has 4 atom stereocenters. The molecule has 2 nitrogen and oxygen atoms in total. The summed E-state index contributed by atoms with van der Waals surface area (Å²) in [7, 11) is -0.900. The highest BCUT2D eigenvalue weighted by Gasteiger charge is 2.34. The van der Waals surface area contributed by atoms with Crippen molar-refractivity contribution in [2.24, 2.45) is 5.92 Å². The van der Waals surface area contributed by atoms with Crippen LogP contribution in [0, 0.1) is 12.8 Å². The third kappa shape index (κ3) is 4.17. The molecule has 4 unspecified atom stereocenters. The lowest BCUT2D eigenvalue weighted by atomic mass is 9.83. The number of hydrogen-bond acceptors (Lipinski definition) is 2. The van der Waals surface area contributed by atoms with Crippen LogP contribution in [0.1, 0.15) is 51.5 Å². The smallest absolute Gasteiger partial charge is 0.0579 e. The normalized spacial score (nSPS) is 27.5. The summed E-state index contributed by atoms with van der Waals surface area (Å²) in [6, 6.07) is 8.55. The fourth-order valence-electron chi connectivity index (χ4n) is 3.56. The molecule has 0 aromatic heterocycles. The Hall–Kier alpha value is -0.670. The first-order valence-corrected chi connectivity index (χ1v) is 9.58. The van der Waals surface area contributed by atoms with Gasteiger partial charge >= 0.3 is 0 Å². The predicted molar refractivity (Wildman–Crippen MR) is 91.1 cm³/mol. The zero-order valence-corrected chi connectivity index (χ0v) is 14.4. The largest absolute Gasteiger partial charge is 0.313 e. The SMILES string of the molecule is CCCC1CCC(NCC)C(S(=O)c2ccccc2C)C1. The topological polar surface area (TPSA) is 29.1 Å². The molecule has 1 fully saturated rings.